The quantitative estimate of drug-likeness (QED) is 0.746. The maximum Gasteiger partial charge on any atom is 0.338 e. The normalized spacial score (nSPS) is 24.0. The molecule has 7 nitrogen and oxygen atoms in total. The molecule has 7 heteroatoms. The van der Waals surface area contributed by atoms with Crippen LogP contribution >= 0.6 is 0 Å². The zero-order valence-electron chi connectivity index (χ0n) is 17.9. The van der Waals surface area contributed by atoms with E-state index in [-0.39, 0.29) is 29.7 Å². The molecule has 1 amide bonds. The lowest BCUT2D eigenvalue weighted by atomic mass is 9.77. The second kappa shape index (κ2) is 7.57. The minimum absolute atomic E-state index is 0.116. The van der Waals surface area contributed by atoms with Gasteiger partial charge in [0.05, 0.1) is 17.1 Å². The molecule has 0 radical (unpaired) electrons. The number of nitrogens with zero attached hydrogens (tertiary/aromatic N) is 2. The van der Waals surface area contributed by atoms with Crippen LogP contribution in [0, 0.1) is 12.3 Å². The number of aliphatic hydroxyl groups is 1. The Morgan fingerprint density at radius 1 is 1.10 bits per heavy atom. The number of aliphatic hydroxyl groups excluding tert-OH is 1. The lowest BCUT2D eigenvalue weighted by molar-refractivity contribution is -0.137. The molecule has 0 bridgehead atoms. The fraction of sp³-hybridized carbons (Fsp3) is 0.542. The number of rotatable bonds is 4. The standard InChI is InChI=1S/C24H28N2O5/c1-15-18(4-5-19-20(15)14-31-22(19)29)21(28)13-25-9-6-24(7-10-25)8-11-26(23(24)30)16-2-3-17(27)12-16/h4-5,12,21,28H,2-3,6-11,13-14H2,1H3/t21-/m0/s1. The second-order valence-electron chi connectivity index (χ2n) is 9.29. The summed E-state index contributed by atoms with van der Waals surface area (Å²) in [5, 5.41) is 10.9. The van der Waals surface area contributed by atoms with Crippen molar-refractivity contribution in [1.29, 1.82) is 0 Å². The van der Waals surface area contributed by atoms with E-state index in [9.17, 15) is 19.5 Å². The highest BCUT2D eigenvalue weighted by atomic mass is 16.5. The molecule has 5 rings (SSSR count). The van der Waals surface area contributed by atoms with Crippen LogP contribution in [0.25, 0.3) is 0 Å². The Morgan fingerprint density at radius 2 is 1.84 bits per heavy atom. The first-order valence-electron chi connectivity index (χ1n) is 11.1. The molecule has 1 atom stereocenters. The van der Waals surface area contributed by atoms with Gasteiger partial charge in [-0.05, 0) is 62.9 Å². The molecule has 0 saturated carbocycles. The van der Waals surface area contributed by atoms with Crippen LogP contribution in [0.4, 0.5) is 0 Å². The lowest BCUT2D eigenvalue weighted by Crippen LogP contribution is -2.45. The van der Waals surface area contributed by atoms with Crippen LogP contribution in [-0.2, 0) is 20.9 Å². The number of hydrogen-bond acceptors (Lipinski definition) is 6. The van der Waals surface area contributed by atoms with Crippen LogP contribution in [0.5, 0.6) is 0 Å². The van der Waals surface area contributed by atoms with Crippen LogP contribution in [0.2, 0.25) is 0 Å². The SMILES string of the molecule is Cc1c([C@@H](O)CN2CCC3(CC2)CCN(C2=CC(=O)CC2)C3=O)ccc2c1COC2=O. The van der Waals surface area contributed by atoms with Crippen molar-refractivity contribution in [2.24, 2.45) is 5.41 Å². The lowest BCUT2D eigenvalue weighted by Gasteiger charge is -2.38. The largest absolute Gasteiger partial charge is 0.457 e. The number of hydrogen-bond donors (Lipinski definition) is 1. The van der Waals surface area contributed by atoms with Crippen molar-refractivity contribution in [2.75, 3.05) is 26.2 Å². The molecule has 1 aliphatic carbocycles. The van der Waals surface area contributed by atoms with Gasteiger partial charge in [-0.3, -0.25) is 9.59 Å². The Hall–Kier alpha value is -2.51. The van der Waals surface area contributed by atoms with Crippen LogP contribution in [0.3, 0.4) is 0 Å². The monoisotopic (exact) mass is 424 g/mol. The summed E-state index contributed by atoms with van der Waals surface area (Å²) in [4.78, 5) is 40.6. The first-order chi connectivity index (χ1) is 14.9. The third kappa shape index (κ3) is 3.40. The number of allylic oxidation sites excluding steroid dienone is 2. The zero-order chi connectivity index (χ0) is 21.8. The molecule has 164 valence electrons. The van der Waals surface area contributed by atoms with Gasteiger partial charge in [0.2, 0.25) is 5.91 Å². The fourth-order valence-corrected chi connectivity index (χ4v) is 5.59. The summed E-state index contributed by atoms with van der Waals surface area (Å²) < 4.78 is 5.11. The van der Waals surface area contributed by atoms with Gasteiger partial charge in [-0.1, -0.05) is 6.07 Å². The van der Waals surface area contributed by atoms with Crippen molar-refractivity contribution in [3.05, 3.63) is 46.2 Å². The second-order valence-corrected chi connectivity index (χ2v) is 9.29. The van der Waals surface area contributed by atoms with Crippen LogP contribution in [0.15, 0.2) is 23.9 Å². The summed E-state index contributed by atoms with van der Waals surface area (Å²) in [6.45, 7) is 4.93. The number of amides is 1. The summed E-state index contributed by atoms with van der Waals surface area (Å²) in [5.74, 6) is -0.00778. The molecule has 0 aromatic heterocycles. The number of piperidine rings is 1. The van der Waals surface area contributed by atoms with Gasteiger partial charge in [0, 0.05) is 36.8 Å². The average molecular weight is 424 g/mol. The molecule has 1 aromatic rings. The predicted molar refractivity (Wildman–Crippen MR) is 112 cm³/mol. The molecule has 3 aliphatic heterocycles. The maximum absolute atomic E-state index is 13.2. The number of fused-ring (bicyclic) bond motifs is 1. The molecule has 1 spiro atoms. The average Bonchev–Trinajstić information content (AvgIpc) is 3.43. The number of ether oxygens (including phenoxy) is 1. The highest BCUT2D eigenvalue weighted by Crippen LogP contribution is 2.44. The van der Waals surface area contributed by atoms with Crippen LogP contribution < -0.4 is 0 Å². The predicted octanol–water partition coefficient (Wildman–Crippen LogP) is 2.26. The summed E-state index contributed by atoms with van der Waals surface area (Å²) in [7, 11) is 0. The Balaban J connectivity index is 1.22. The molecule has 31 heavy (non-hydrogen) atoms. The summed E-state index contributed by atoms with van der Waals surface area (Å²) in [5.41, 5.74) is 3.78. The van der Waals surface area contributed by atoms with Gasteiger partial charge in [0.1, 0.15) is 6.61 Å². The van der Waals surface area contributed by atoms with Gasteiger partial charge >= 0.3 is 5.97 Å². The molecule has 1 aromatic carbocycles. The summed E-state index contributed by atoms with van der Waals surface area (Å²) >= 11 is 0. The number of esters is 1. The van der Waals surface area contributed by atoms with E-state index >= 15 is 0 Å². The van der Waals surface area contributed by atoms with E-state index in [2.05, 4.69) is 4.90 Å². The number of ketones is 1. The van der Waals surface area contributed by atoms with Gasteiger partial charge in [-0.25, -0.2) is 4.79 Å². The van der Waals surface area contributed by atoms with Gasteiger partial charge < -0.3 is 19.6 Å². The smallest absolute Gasteiger partial charge is 0.338 e. The number of likely N-dealkylation sites (tertiary alicyclic amines) is 2. The third-order valence-electron chi connectivity index (χ3n) is 7.63. The van der Waals surface area contributed by atoms with Crippen molar-refractivity contribution in [2.45, 2.75) is 51.7 Å². The molecular weight excluding hydrogens is 396 g/mol. The number of benzene rings is 1. The first kappa shape index (κ1) is 20.4. The van der Waals surface area contributed by atoms with Crippen molar-refractivity contribution in [3.63, 3.8) is 0 Å². The van der Waals surface area contributed by atoms with E-state index < -0.39 is 6.10 Å². The van der Waals surface area contributed by atoms with Gasteiger partial charge in [-0.2, -0.15) is 0 Å². The van der Waals surface area contributed by atoms with Crippen molar-refractivity contribution < 1.29 is 24.2 Å². The van der Waals surface area contributed by atoms with Crippen molar-refractivity contribution in [1.82, 2.24) is 9.80 Å². The molecule has 4 aliphatic rings. The highest BCUT2D eigenvalue weighted by molar-refractivity contribution is 5.95. The van der Waals surface area contributed by atoms with E-state index in [1.54, 1.807) is 12.1 Å². The van der Waals surface area contributed by atoms with E-state index in [1.165, 1.54) is 0 Å². The molecule has 3 heterocycles. The van der Waals surface area contributed by atoms with Gasteiger partial charge in [0.15, 0.2) is 5.78 Å². The third-order valence-corrected chi connectivity index (χ3v) is 7.63. The fourth-order valence-electron chi connectivity index (χ4n) is 5.59. The number of β-amino-alcohol motifs (C(OH)–C–C–N with tert-alkyl or cyclic N) is 1. The molecule has 2 fully saturated rings. The first-order valence-corrected chi connectivity index (χ1v) is 11.1. The van der Waals surface area contributed by atoms with Crippen LogP contribution in [0.1, 0.15) is 65.3 Å². The zero-order valence-corrected chi connectivity index (χ0v) is 17.9. The van der Waals surface area contributed by atoms with E-state index in [0.717, 1.165) is 54.7 Å². The Morgan fingerprint density at radius 3 is 2.55 bits per heavy atom. The molecular formula is C24H28N2O5. The molecule has 0 unspecified atom stereocenters. The van der Waals surface area contributed by atoms with Gasteiger partial charge in [0.25, 0.3) is 0 Å². The maximum atomic E-state index is 13.2. The summed E-state index contributed by atoms with van der Waals surface area (Å²) in [6, 6.07) is 3.57. The Kier molecular flexibility index (Phi) is 4.98. The molecule has 2 saturated heterocycles. The van der Waals surface area contributed by atoms with E-state index in [0.29, 0.717) is 31.5 Å². The minimum atomic E-state index is -0.652. The number of cyclic esters (lactones) is 1. The topological polar surface area (TPSA) is 87.2 Å². The van der Waals surface area contributed by atoms with Gasteiger partial charge in [-0.15, -0.1) is 0 Å². The Labute approximate surface area is 181 Å². The van der Waals surface area contributed by atoms with E-state index in [1.807, 2.05) is 17.9 Å². The highest BCUT2D eigenvalue weighted by Gasteiger charge is 2.49. The minimum Gasteiger partial charge on any atom is -0.457 e. The van der Waals surface area contributed by atoms with E-state index in [4.69, 9.17) is 4.74 Å². The van der Waals surface area contributed by atoms with Crippen LogP contribution in [-0.4, -0.2) is 58.7 Å². The van der Waals surface area contributed by atoms with Crippen molar-refractivity contribution in [3.8, 4) is 0 Å². The number of carbonyl (C=O) groups excluding carboxylic acids is 3. The summed E-state index contributed by atoms with van der Waals surface area (Å²) in [6.07, 6.45) is 4.58. The Bertz CT molecular complexity index is 990. The van der Waals surface area contributed by atoms with Crippen molar-refractivity contribution >= 4 is 17.7 Å². The molecule has 1 N–H and O–H groups in total. The number of carbonyl (C=O) groups is 3.